The molecule has 0 saturated heterocycles. The number of hydrogen-bond acceptors (Lipinski definition) is 6. The van der Waals surface area contributed by atoms with Gasteiger partial charge in [0.2, 0.25) is 0 Å². The monoisotopic (exact) mass is 393 g/mol. The molecule has 0 atom stereocenters. The number of nitrogens with one attached hydrogen (secondary N) is 1. The predicted octanol–water partition coefficient (Wildman–Crippen LogP) is 3.57. The molecule has 0 aliphatic rings. The van der Waals surface area contributed by atoms with Crippen molar-refractivity contribution in [2.45, 2.75) is 19.8 Å². The molecule has 3 aromatic rings. The fraction of sp³-hybridized carbons (Fsp3) is 0.190. The molecule has 0 bridgehead atoms. The number of amides is 1. The lowest BCUT2D eigenvalue weighted by molar-refractivity contribution is -0.385. The molecular weight excluding hydrogens is 374 g/mol. The number of fused-ring (bicyclic) bond motifs is 1. The van der Waals surface area contributed by atoms with Gasteiger partial charge in [0.1, 0.15) is 0 Å². The summed E-state index contributed by atoms with van der Waals surface area (Å²) in [5.74, 6) is -1.09. The van der Waals surface area contributed by atoms with Gasteiger partial charge in [0.25, 0.3) is 11.6 Å². The molecule has 3 rings (SSSR count). The minimum absolute atomic E-state index is 0.0917. The molecule has 1 N–H and O–H groups in total. The number of nitro benzene ring substituents is 1. The van der Waals surface area contributed by atoms with E-state index in [4.69, 9.17) is 4.74 Å². The smallest absolute Gasteiger partial charge is 0.306 e. The summed E-state index contributed by atoms with van der Waals surface area (Å²) in [6.45, 7) is 1.07. The van der Waals surface area contributed by atoms with Gasteiger partial charge >= 0.3 is 5.97 Å². The second-order valence-electron chi connectivity index (χ2n) is 6.41. The van der Waals surface area contributed by atoms with Crippen molar-refractivity contribution in [3.8, 4) is 0 Å². The molecule has 8 heteroatoms. The number of nitro groups is 1. The van der Waals surface area contributed by atoms with Gasteiger partial charge in [-0.05, 0) is 25.1 Å². The average Bonchev–Trinajstić information content (AvgIpc) is 2.72. The second kappa shape index (κ2) is 8.92. The van der Waals surface area contributed by atoms with Crippen molar-refractivity contribution in [1.29, 1.82) is 0 Å². The van der Waals surface area contributed by atoms with Gasteiger partial charge in [0.15, 0.2) is 6.61 Å². The summed E-state index contributed by atoms with van der Waals surface area (Å²) in [4.78, 5) is 38.8. The number of benzene rings is 2. The van der Waals surface area contributed by atoms with Crippen LogP contribution in [-0.2, 0) is 20.7 Å². The van der Waals surface area contributed by atoms with Crippen LogP contribution in [0.3, 0.4) is 0 Å². The summed E-state index contributed by atoms with van der Waals surface area (Å²) < 4.78 is 4.99. The first-order valence-corrected chi connectivity index (χ1v) is 8.98. The number of aryl methyl sites for hydroxylation is 1. The zero-order valence-electron chi connectivity index (χ0n) is 15.8. The molecule has 148 valence electrons. The molecule has 0 aliphatic heterocycles. The van der Waals surface area contributed by atoms with Crippen molar-refractivity contribution < 1.29 is 19.2 Å². The number of carbonyl (C=O) groups is 2. The maximum Gasteiger partial charge on any atom is 0.306 e. The molecule has 29 heavy (non-hydrogen) atoms. The van der Waals surface area contributed by atoms with Crippen LogP contribution in [0.25, 0.3) is 10.9 Å². The number of carbonyl (C=O) groups excluding carboxylic acids is 2. The number of hydrogen-bond donors (Lipinski definition) is 1. The summed E-state index contributed by atoms with van der Waals surface area (Å²) in [5, 5.41) is 14.5. The molecule has 0 fully saturated rings. The zero-order chi connectivity index (χ0) is 20.8. The number of rotatable bonds is 7. The van der Waals surface area contributed by atoms with E-state index in [1.165, 1.54) is 19.1 Å². The van der Waals surface area contributed by atoms with Gasteiger partial charge in [0, 0.05) is 23.6 Å². The van der Waals surface area contributed by atoms with Crippen molar-refractivity contribution in [2.24, 2.45) is 0 Å². The second-order valence-corrected chi connectivity index (χ2v) is 6.41. The number of nitrogens with zero attached hydrogens (tertiary/aromatic N) is 2. The fourth-order valence-electron chi connectivity index (χ4n) is 2.84. The van der Waals surface area contributed by atoms with E-state index in [0.29, 0.717) is 17.7 Å². The van der Waals surface area contributed by atoms with E-state index >= 15 is 0 Å². The van der Waals surface area contributed by atoms with Crippen molar-refractivity contribution in [3.63, 3.8) is 0 Å². The molecular formula is C21H19N3O5. The Kier molecular flexibility index (Phi) is 6.13. The van der Waals surface area contributed by atoms with Gasteiger partial charge in [0.05, 0.1) is 28.1 Å². The van der Waals surface area contributed by atoms with E-state index in [-0.39, 0.29) is 12.1 Å². The van der Waals surface area contributed by atoms with E-state index in [9.17, 15) is 19.7 Å². The molecule has 2 aromatic carbocycles. The first-order chi connectivity index (χ1) is 13.9. The lowest BCUT2D eigenvalue weighted by Gasteiger charge is -2.09. The predicted molar refractivity (Wildman–Crippen MR) is 107 cm³/mol. The molecule has 1 aromatic heterocycles. The standard InChI is InChI=1S/C21H19N3O5/c1-14-17(7-4-8-19(14)24(27)28)23-20(25)13-29-21(26)12-11-16-10-9-15-5-2-3-6-18(15)22-16/h2-10H,11-13H2,1H3,(H,23,25). The van der Waals surface area contributed by atoms with Crippen molar-refractivity contribution >= 4 is 34.2 Å². The number of esters is 1. The Morgan fingerprint density at radius 3 is 2.69 bits per heavy atom. The summed E-state index contributed by atoms with van der Waals surface area (Å²) in [6.07, 6.45) is 0.490. The highest BCUT2D eigenvalue weighted by molar-refractivity contribution is 5.94. The van der Waals surface area contributed by atoms with Crippen molar-refractivity contribution in [1.82, 2.24) is 4.98 Å². The van der Waals surface area contributed by atoms with E-state index in [1.807, 2.05) is 36.4 Å². The molecule has 8 nitrogen and oxygen atoms in total. The van der Waals surface area contributed by atoms with Crippen LogP contribution in [0.5, 0.6) is 0 Å². The third-order valence-corrected chi connectivity index (χ3v) is 4.38. The maximum absolute atomic E-state index is 12.0. The normalized spacial score (nSPS) is 10.5. The van der Waals surface area contributed by atoms with Crippen LogP contribution >= 0.6 is 0 Å². The Morgan fingerprint density at radius 2 is 1.90 bits per heavy atom. The zero-order valence-corrected chi connectivity index (χ0v) is 15.8. The SMILES string of the molecule is Cc1c(NC(=O)COC(=O)CCc2ccc3ccccc3n2)cccc1[N+](=O)[O-]. The van der Waals surface area contributed by atoms with Crippen LogP contribution in [0.1, 0.15) is 17.7 Å². The quantitative estimate of drug-likeness (QED) is 0.373. The van der Waals surface area contributed by atoms with E-state index in [1.54, 1.807) is 6.07 Å². The molecule has 1 heterocycles. The number of ether oxygens (including phenoxy) is 1. The Bertz CT molecular complexity index is 1080. The molecule has 1 amide bonds. The van der Waals surface area contributed by atoms with Crippen molar-refractivity contribution in [2.75, 3.05) is 11.9 Å². The van der Waals surface area contributed by atoms with E-state index < -0.39 is 23.4 Å². The summed E-state index contributed by atoms with van der Waals surface area (Å²) in [5.41, 5.74) is 2.16. The lowest BCUT2D eigenvalue weighted by atomic mass is 10.1. The van der Waals surface area contributed by atoms with Gasteiger partial charge in [-0.3, -0.25) is 24.7 Å². The first kappa shape index (κ1) is 19.9. The highest BCUT2D eigenvalue weighted by atomic mass is 16.6. The highest BCUT2D eigenvalue weighted by Gasteiger charge is 2.15. The van der Waals surface area contributed by atoms with Crippen LogP contribution in [-0.4, -0.2) is 28.4 Å². The molecule has 0 saturated carbocycles. The molecule has 0 unspecified atom stereocenters. The van der Waals surface area contributed by atoms with Gasteiger partial charge in [-0.15, -0.1) is 0 Å². The number of aromatic nitrogens is 1. The fourth-order valence-corrected chi connectivity index (χ4v) is 2.84. The summed E-state index contributed by atoms with van der Waals surface area (Å²) in [7, 11) is 0. The molecule has 0 spiro atoms. The van der Waals surface area contributed by atoms with Crippen LogP contribution in [0.15, 0.2) is 54.6 Å². The summed E-state index contributed by atoms with van der Waals surface area (Å²) in [6, 6.07) is 15.9. The van der Waals surface area contributed by atoms with E-state index in [2.05, 4.69) is 10.3 Å². The average molecular weight is 393 g/mol. The largest absolute Gasteiger partial charge is 0.456 e. The highest BCUT2D eigenvalue weighted by Crippen LogP contribution is 2.24. The van der Waals surface area contributed by atoms with Crippen LogP contribution < -0.4 is 5.32 Å². The Labute approximate surface area is 166 Å². The van der Waals surface area contributed by atoms with Gasteiger partial charge < -0.3 is 10.1 Å². The topological polar surface area (TPSA) is 111 Å². The van der Waals surface area contributed by atoms with Crippen LogP contribution in [0, 0.1) is 17.0 Å². The number of anilines is 1. The third kappa shape index (κ3) is 5.13. The van der Waals surface area contributed by atoms with E-state index in [0.717, 1.165) is 16.6 Å². The minimum atomic E-state index is -0.564. The molecule has 0 aliphatic carbocycles. The Hall–Kier alpha value is -3.81. The maximum atomic E-state index is 12.0. The lowest BCUT2D eigenvalue weighted by Crippen LogP contribution is -2.21. The Morgan fingerprint density at radius 1 is 1.10 bits per heavy atom. The van der Waals surface area contributed by atoms with Gasteiger partial charge in [-0.2, -0.15) is 0 Å². The van der Waals surface area contributed by atoms with Gasteiger partial charge in [-0.1, -0.05) is 30.3 Å². The molecule has 0 radical (unpaired) electrons. The van der Waals surface area contributed by atoms with Crippen molar-refractivity contribution in [3.05, 3.63) is 76.0 Å². The third-order valence-electron chi connectivity index (χ3n) is 4.38. The summed E-state index contributed by atoms with van der Waals surface area (Å²) >= 11 is 0. The first-order valence-electron chi connectivity index (χ1n) is 8.98. The Balaban J connectivity index is 1.49. The van der Waals surface area contributed by atoms with Crippen LogP contribution in [0.4, 0.5) is 11.4 Å². The minimum Gasteiger partial charge on any atom is -0.456 e. The van der Waals surface area contributed by atoms with Gasteiger partial charge in [-0.25, -0.2) is 0 Å². The number of para-hydroxylation sites is 1. The van der Waals surface area contributed by atoms with Crippen LogP contribution in [0.2, 0.25) is 0 Å². The number of pyridine rings is 1.